The Hall–Kier alpha value is -2.35. The average molecular weight is 265 g/mol. The summed E-state index contributed by atoms with van der Waals surface area (Å²) >= 11 is 0. The van der Waals surface area contributed by atoms with Crippen LogP contribution in [0.4, 0.5) is 0 Å². The van der Waals surface area contributed by atoms with Crippen molar-refractivity contribution < 1.29 is 4.79 Å². The maximum absolute atomic E-state index is 11.4. The van der Waals surface area contributed by atoms with Crippen molar-refractivity contribution in [1.82, 2.24) is 5.32 Å². The molecule has 0 aromatic heterocycles. The van der Waals surface area contributed by atoms with Gasteiger partial charge in [-0.05, 0) is 25.0 Å². The fraction of sp³-hybridized carbons (Fsp3) is 0.167. The van der Waals surface area contributed by atoms with Gasteiger partial charge in [0, 0.05) is 17.8 Å². The summed E-state index contributed by atoms with van der Waals surface area (Å²) in [6, 6.07) is 20.2. The molecule has 0 aliphatic carbocycles. The van der Waals surface area contributed by atoms with Gasteiger partial charge in [-0.25, -0.2) is 0 Å². The number of hydrogen-bond donors (Lipinski definition) is 1. The molecular formula is C18H19NO. The molecule has 2 rings (SSSR count). The molecule has 1 unspecified atom stereocenters. The van der Waals surface area contributed by atoms with Gasteiger partial charge in [-0.15, -0.1) is 0 Å². The van der Waals surface area contributed by atoms with Gasteiger partial charge in [-0.3, -0.25) is 4.79 Å². The largest absolute Gasteiger partial charge is 0.378 e. The van der Waals surface area contributed by atoms with Crippen LogP contribution in [0.1, 0.15) is 31.0 Å². The third kappa shape index (κ3) is 3.82. The molecule has 2 heteroatoms. The summed E-state index contributed by atoms with van der Waals surface area (Å²) in [6.07, 6.45) is 1.65. The summed E-state index contributed by atoms with van der Waals surface area (Å²) < 4.78 is 0. The molecule has 0 radical (unpaired) electrons. The van der Waals surface area contributed by atoms with Crippen molar-refractivity contribution >= 4 is 11.5 Å². The Balaban J connectivity index is 2.24. The molecule has 2 aromatic carbocycles. The summed E-state index contributed by atoms with van der Waals surface area (Å²) in [5.41, 5.74) is 3.07. The van der Waals surface area contributed by atoms with Gasteiger partial charge < -0.3 is 5.32 Å². The fourth-order valence-electron chi connectivity index (χ4n) is 2.09. The highest BCUT2D eigenvalue weighted by Crippen LogP contribution is 2.18. The molecule has 0 fully saturated rings. The van der Waals surface area contributed by atoms with E-state index in [1.54, 1.807) is 13.0 Å². The molecule has 102 valence electrons. The highest BCUT2D eigenvalue weighted by Gasteiger charge is 2.08. The van der Waals surface area contributed by atoms with Crippen LogP contribution in [-0.2, 0) is 4.79 Å². The molecule has 0 spiro atoms. The number of carbonyl (C=O) groups excluding carboxylic acids is 1. The van der Waals surface area contributed by atoms with Gasteiger partial charge in [-0.2, -0.15) is 0 Å². The average Bonchev–Trinajstić information content (AvgIpc) is 2.48. The minimum atomic E-state index is 0.0385. The van der Waals surface area contributed by atoms with E-state index in [0.717, 1.165) is 11.3 Å². The van der Waals surface area contributed by atoms with Gasteiger partial charge in [0.05, 0.1) is 0 Å². The van der Waals surface area contributed by atoms with Crippen molar-refractivity contribution in [2.24, 2.45) is 0 Å². The SMILES string of the molecule is CC(=O)/C=C(\NC(C)c1ccccc1)c1ccccc1. The van der Waals surface area contributed by atoms with Crippen LogP contribution in [0.25, 0.3) is 5.70 Å². The third-order valence-corrected chi connectivity index (χ3v) is 3.10. The molecule has 2 aromatic rings. The normalized spacial score (nSPS) is 12.8. The van der Waals surface area contributed by atoms with E-state index in [-0.39, 0.29) is 11.8 Å². The molecule has 0 bridgehead atoms. The highest BCUT2D eigenvalue weighted by molar-refractivity contribution is 5.94. The summed E-state index contributed by atoms with van der Waals surface area (Å²) in [5.74, 6) is 0.0385. The van der Waals surface area contributed by atoms with E-state index < -0.39 is 0 Å². The van der Waals surface area contributed by atoms with Gasteiger partial charge in [-0.1, -0.05) is 60.7 Å². The summed E-state index contributed by atoms with van der Waals surface area (Å²) in [5, 5.41) is 3.42. The minimum absolute atomic E-state index is 0.0385. The molecule has 1 N–H and O–H groups in total. The van der Waals surface area contributed by atoms with Crippen LogP contribution in [0, 0.1) is 0 Å². The Morgan fingerprint density at radius 1 is 1.00 bits per heavy atom. The third-order valence-electron chi connectivity index (χ3n) is 3.10. The van der Waals surface area contributed by atoms with Crippen molar-refractivity contribution in [3.05, 3.63) is 77.9 Å². The molecule has 0 amide bonds. The zero-order chi connectivity index (χ0) is 14.4. The van der Waals surface area contributed by atoms with E-state index in [4.69, 9.17) is 0 Å². The lowest BCUT2D eigenvalue weighted by molar-refractivity contribution is -0.112. The first-order valence-corrected chi connectivity index (χ1v) is 6.76. The van der Waals surface area contributed by atoms with Crippen LogP contribution in [0.2, 0.25) is 0 Å². The van der Waals surface area contributed by atoms with Crippen LogP contribution in [0.5, 0.6) is 0 Å². The number of hydrogen-bond acceptors (Lipinski definition) is 2. The number of nitrogens with one attached hydrogen (secondary N) is 1. The first-order chi connectivity index (χ1) is 9.66. The van der Waals surface area contributed by atoms with Crippen LogP contribution in [0.15, 0.2) is 66.7 Å². The Morgan fingerprint density at radius 3 is 2.10 bits per heavy atom. The van der Waals surface area contributed by atoms with Crippen molar-refractivity contribution in [2.75, 3.05) is 0 Å². The van der Waals surface area contributed by atoms with Crippen molar-refractivity contribution in [2.45, 2.75) is 19.9 Å². The van der Waals surface area contributed by atoms with Crippen molar-refractivity contribution in [3.8, 4) is 0 Å². The maximum atomic E-state index is 11.4. The van der Waals surface area contributed by atoms with E-state index in [9.17, 15) is 4.79 Å². The second-order valence-corrected chi connectivity index (χ2v) is 4.81. The molecule has 0 saturated carbocycles. The quantitative estimate of drug-likeness (QED) is 0.829. The molecule has 2 nitrogen and oxygen atoms in total. The van der Waals surface area contributed by atoms with Gasteiger partial charge in [0.25, 0.3) is 0 Å². The van der Waals surface area contributed by atoms with Crippen LogP contribution >= 0.6 is 0 Å². The summed E-state index contributed by atoms with van der Waals surface area (Å²) in [6.45, 7) is 3.66. The number of rotatable bonds is 5. The highest BCUT2D eigenvalue weighted by atomic mass is 16.1. The standard InChI is InChI=1S/C18H19NO/c1-14(20)13-18(17-11-7-4-8-12-17)19-15(2)16-9-5-3-6-10-16/h3-13,15,19H,1-2H3/b18-13-. The van der Waals surface area contributed by atoms with E-state index in [1.165, 1.54) is 5.56 Å². The van der Waals surface area contributed by atoms with Gasteiger partial charge in [0.15, 0.2) is 5.78 Å². The second kappa shape index (κ2) is 6.71. The van der Waals surface area contributed by atoms with Crippen molar-refractivity contribution in [3.63, 3.8) is 0 Å². The van der Waals surface area contributed by atoms with E-state index in [2.05, 4.69) is 24.4 Å². The zero-order valence-corrected chi connectivity index (χ0v) is 11.8. The van der Waals surface area contributed by atoms with E-state index in [0.29, 0.717) is 0 Å². The number of carbonyl (C=O) groups is 1. The number of benzene rings is 2. The lowest BCUT2D eigenvalue weighted by Crippen LogP contribution is -2.18. The van der Waals surface area contributed by atoms with Crippen LogP contribution in [-0.4, -0.2) is 5.78 Å². The summed E-state index contributed by atoms with van der Waals surface area (Å²) in [7, 11) is 0. The first kappa shape index (κ1) is 14.1. The smallest absolute Gasteiger partial charge is 0.154 e. The van der Waals surface area contributed by atoms with Crippen LogP contribution in [0.3, 0.4) is 0 Å². The Labute approximate surface area is 120 Å². The molecule has 0 heterocycles. The van der Waals surface area contributed by atoms with Crippen LogP contribution < -0.4 is 5.32 Å². The lowest BCUT2D eigenvalue weighted by atomic mass is 10.1. The zero-order valence-electron chi connectivity index (χ0n) is 11.8. The number of allylic oxidation sites excluding steroid dienone is 1. The first-order valence-electron chi connectivity index (χ1n) is 6.76. The minimum Gasteiger partial charge on any atom is -0.378 e. The Kier molecular flexibility index (Phi) is 4.72. The Bertz CT molecular complexity index is 587. The van der Waals surface area contributed by atoms with E-state index >= 15 is 0 Å². The molecule has 0 aliphatic rings. The monoisotopic (exact) mass is 265 g/mol. The summed E-state index contributed by atoms with van der Waals surface area (Å²) in [4.78, 5) is 11.4. The fourth-order valence-corrected chi connectivity index (χ4v) is 2.09. The lowest BCUT2D eigenvalue weighted by Gasteiger charge is -2.18. The maximum Gasteiger partial charge on any atom is 0.154 e. The van der Waals surface area contributed by atoms with E-state index in [1.807, 2.05) is 48.5 Å². The molecule has 1 atom stereocenters. The predicted octanol–water partition coefficient (Wildman–Crippen LogP) is 3.97. The Morgan fingerprint density at radius 2 is 1.55 bits per heavy atom. The van der Waals surface area contributed by atoms with Gasteiger partial charge >= 0.3 is 0 Å². The molecular weight excluding hydrogens is 246 g/mol. The molecule has 0 aliphatic heterocycles. The van der Waals surface area contributed by atoms with Crippen molar-refractivity contribution in [1.29, 1.82) is 0 Å². The second-order valence-electron chi connectivity index (χ2n) is 4.81. The predicted molar refractivity (Wildman–Crippen MR) is 83.1 cm³/mol. The van der Waals surface area contributed by atoms with Gasteiger partial charge in [0.1, 0.15) is 0 Å². The van der Waals surface area contributed by atoms with Gasteiger partial charge in [0.2, 0.25) is 0 Å². The molecule has 20 heavy (non-hydrogen) atoms. The topological polar surface area (TPSA) is 29.1 Å². The number of ketones is 1. The molecule has 0 saturated heterocycles.